The van der Waals surface area contributed by atoms with Crippen LogP contribution >= 0.6 is 15.9 Å². The van der Waals surface area contributed by atoms with E-state index in [-0.39, 0.29) is 11.6 Å². The maximum absolute atomic E-state index is 12.3. The van der Waals surface area contributed by atoms with Crippen LogP contribution in [0.5, 0.6) is 0 Å². The fourth-order valence-electron chi connectivity index (χ4n) is 1.70. The normalized spacial score (nSPS) is 10.1. The number of nitrogens with zero attached hydrogens (tertiary/aromatic N) is 2. The van der Waals surface area contributed by atoms with Crippen molar-refractivity contribution in [3.05, 3.63) is 68.7 Å². The van der Waals surface area contributed by atoms with Crippen LogP contribution in [-0.4, -0.2) is 17.9 Å². The number of carbonyl (C=O) groups excluding carboxylic acids is 1. The van der Waals surface area contributed by atoms with Crippen molar-refractivity contribution in [2.45, 2.75) is 0 Å². The van der Waals surface area contributed by atoms with Crippen LogP contribution in [0.2, 0.25) is 0 Å². The van der Waals surface area contributed by atoms with Gasteiger partial charge in [0, 0.05) is 34.9 Å². The Morgan fingerprint density at radius 1 is 1.10 bits per heavy atom. The van der Waals surface area contributed by atoms with Crippen molar-refractivity contribution in [2.24, 2.45) is 0 Å². The average Bonchev–Trinajstić information content (AvgIpc) is 2.46. The highest BCUT2D eigenvalue weighted by Gasteiger charge is 2.14. The van der Waals surface area contributed by atoms with E-state index in [1.165, 1.54) is 17.0 Å². The summed E-state index contributed by atoms with van der Waals surface area (Å²) in [5.74, 6) is -0.175. The second-order valence-electron chi connectivity index (χ2n) is 4.14. The summed E-state index contributed by atoms with van der Waals surface area (Å²) < 4.78 is 0.895. The van der Waals surface area contributed by atoms with E-state index < -0.39 is 4.92 Å². The van der Waals surface area contributed by atoms with E-state index in [4.69, 9.17) is 0 Å². The Hall–Kier alpha value is -2.21. The van der Waals surface area contributed by atoms with Crippen LogP contribution in [0.15, 0.2) is 53.0 Å². The lowest BCUT2D eigenvalue weighted by molar-refractivity contribution is -0.384. The molecule has 2 rings (SSSR count). The number of anilines is 1. The van der Waals surface area contributed by atoms with Crippen molar-refractivity contribution in [1.82, 2.24) is 0 Å². The maximum Gasteiger partial charge on any atom is 0.269 e. The van der Waals surface area contributed by atoms with Gasteiger partial charge >= 0.3 is 0 Å². The molecule has 0 aliphatic carbocycles. The molecule has 2 aromatic carbocycles. The number of non-ortho nitro benzene ring substituents is 1. The monoisotopic (exact) mass is 334 g/mol. The zero-order valence-corrected chi connectivity index (χ0v) is 12.2. The van der Waals surface area contributed by atoms with Gasteiger partial charge in [0.05, 0.1) is 4.92 Å². The van der Waals surface area contributed by atoms with Gasteiger partial charge in [-0.25, -0.2) is 0 Å². The molecule has 0 aliphatic rings. The number of nitro benzene ring substituents is 1. The van der Waals surface area contributed by atoms with Crippen molar-refractivity contribution in [3.63, 3.8) is 0 Å². The van der Waals surface area contributed by atoms with Crippen molar-refractivity contribution < 1.29 is 9.72 Å². The van der Waals surface area contributed by atoms with Gasteiger partial charge < -0.3 is 4.90 Å². The van der Waals surface area contributed by atoms with Crippen LogP contribution in [0.1, 0.15) is 10.4 Å². The number of rotatable bonds is 3. The highest BCUT2D eigenvalue weighted by atomic mass is 79.9. The molecule has 0 atom stereocenters. The summed E-state index contributed by atoms with van der Waals surface area (Å²) in [5, 5.41) is 10.6. The molecular weight excluding hydrogens is 324 g/mol. The molecular formula is C14H11BrN2O3. The zero-order valence-electron chi connectivity index (χ0n) is 10.6. The third-order valence-electron chi connectivity index (χ3n) is 2.84. The van der Waals surface area contributed by atoms with Crippen LogP contribution in [0.4, 0.5) is 11.4 Å². The van der Waals surface area contributed by atoms with Gasteiger partial charge in [0.1, 0.15) is 0 Å². The molecule has 0 spiro atoms. The highest BCUT2D eigenvalue weighted by Crippen LogP contribution is 2.20. The molecule has 0 aromatic heterocycles. The van der Waals surface area contributed by atoms with E-state index in [1.807, 2.05) is 0 Å². The quantitative estimate of drug-likeness (QED) is 0.635. The fraction of sp³-hybridized carbons (Fsp3) is 0.0714. The summed E-state index contributed by atoms with van der Waals surface area (Å²) >= 11 is 3.31. The third kappa shape index (κ3) is 3.03. The number of nitro groups is 1. The molecule has 0 saturated carbocycles. The molecule has 0 heterocycles. The summed E-state index contributed by atoms with van der Waals surface area (Å²) in [6.45, 7) is 0. The van der Waals surface area contributed by atoms with Crippen molar-refractivity contribution in [1.29, 1.82) is 0 Å². The topological polar surface area (TPSA) is 63.5 Å². The first-order valence-electron chi connectivity index (χ1n) is 5.77. The summed E-state index contributed by atoms with van der Waals surface area (Å²) in [6.07, 6.45) is 0. The number of halogens is 1. The molecule has 0 saturated heterocycles. The van der Waals surface area contributed by atoms with Gasteiger partial charge in [-0.15, -0.1) is 0 Å². The number of carbonyl (C=O) groups is 1. The van der Waals surface area contributed by atoms with Gasteiger partial charge in [-0.3, -0.25) is 14.9 Å². The van der Waals surface area contributed by atoms with Crippen LogP contribution < -0.4 is 4.90 Å². The van der Waals surface area contributed by atoms with E-state index in [9.17, 15) is 14.9 Å². The molecule has 0 radical (unpaired) electrons. The van der Waals surface area contributed by atoms with Crippen LogP contribution in [0.25, 0.3) is 0 Å². The Labute approximate surface area is 124 Å². The zero-order chi connectivity index (χ0) is 14.7. The summed E-state index contributed by atoms with van der Waals surface area (Å²) in [7, 11) is 1.63. The Kier molecular flexibility index (Phi) is 4.14. The lowest BCUT2D eigenvalue weighted by atomic mass is 10.2. The first-order chi connectivity index (χ1) is 9.49. The number of hydrogen-bond acceptors (Lipinski definition) is 3. The molecule has 0 unspecified atom stereocenters. The summed E-state index contributed by atoms with van der Waals surface area (Å²) in [5.41, 5.74) is 1.15. The molecule has 1 amide bonds. The average molecular weight is 335 g/mol. The van der Waals surface area contributed by atoms with E-state index >= 15 is 0 Å². The van der Waals surface area contributed by atoms with Crippen LogP contribution in [0.3, 0.4) is 0 Å². The Bertz CT molecular complexity index is 638. The standard InChI is InChI=1S/C14H11BrN2O3/c1-16(12-6-8-13(9-7-12)17(19)20)14(18)10-2-4-11(15)5-3-10/h2-9H,1H3. The van der Waals surface area contributed by atoms with E-state index in [1.54, 1.807) is 43.4 Å². The van der Waals surface area contributed by atoms with Crippen LogP contribution in [-0.2, 0) is 0 Å². The molecule has 0 fully saturated rings. The predicted molar refractivity (Wildman–Crippen MR) is 80.0 cm³/mol. The molecule has 20 heavy (non-hydrogen) atoms. The summed E-state index contributed by atoms with van der Waals surface area (Å²) in [6, 6.07) is 12.9. The van der Waals surface area contributed by atoms with Gasteiger partial charge in [-0.2, -0.15) is 0 Å². The van der Waals surface area contributed by atoms with Gasteiger partial charge in [-0.1, -0.05) is 15.9 Å². The van der Waals surface area contributed by atoms with E-state index in [0.717, 1.165) is 4.47 Å². The fourth-order valence-corrected chi connectivity index (χ4v) is 1.97. The lowest BCUT2D eigenvalue weighted by Gasteiger charge is -2.17. The Morgan fingerprint density at radius 2 is 1.65 bits per heavy atom. The maximum atomic E-state index is 12.3. The highest BCUT2D eigenvalue weighted by molar-refractivity contribution is 9.10. The third-order valence-corrected chi connectivity index (χ3v) is 3.37. The van der Waals surface area contributed by atoms with Crippen molar-refractivity contribution >= 4 is 33.2 Å². The second kappa shape index (κ2) is 5.83. The number of benzene rings is 2. The lowest BCUT2D eigenvalue weighted by Crippen LogP contribution is -2.26. The largest absolute Gasteiger partial charge is 0.311 e. The minimum Gasteiger partial charge on any atom is -0.311 e. The molecule has 0 bridgehead atoms. The first-order valence-corrected chi connectivity index (χ1v) is 6.56. The SMILES string of the molecule is CN(C(=O)c1ccc(Br)cc1)c1ccc([N+](=O)[O-])cc1. The Balaban J connectivity index is 2.22. The Morgan fingerprint density at radius 3 is 2.15 bits per heavy atom. The number of hydrogen-bond donors (Lipinski definition) is 0. The van der Waals surface area contributed by atoms with Crippen molar-refractivity contribution in [3.8, 4) is 0 Å². The van der Waals surface area contributed by atoms with Gasteiger partial charge in [0.2, 0.25) is 0 Å². The molecule has 0 aliphatic heterocycles. The molecule has 0 N–H and O–H groups in total. The minimum atomic E-state index is -0.472. The summed E-state index contributed by atoms with van der Waals surface area (Å²) in [4.78, 5) is 23.8. The predicted octanol–water partition coefficient (Wildman–Crippen LogP) is 3.63. The van der Waals surface area contributed by atoms with Gasteiger partial charge in [0.15, 0.2) is 0 Å². The molecule has 6 heteroatoms. The van der Waals surface area contributed by atoms with E-state index in [0.29, 0.717) is 11.3 Å². The van der Waals surface area contributed by atoms with Gasteiger partial charge in [0.25, 0.3) is 11.6 Å². The molecule has 102 valence electrons. The smallest absolute Gasteiger partial charge is 0.269 e. The van der Waals surface area contributed by atoms with Crippen LogP contribution in [0, 0.1) is 10.1 Å². The van der Waals surface area contributed by atoms with Crippen molar-refractivity contribution in [2.75, 3.05) is 11.9 Å². The molecule has 2 aromatic rings. The minimum absolute atomic E-state index is 0.00163. The van der Waals surface area contributed by atoms with E-state index in [2.05, 4.69) is 15.9 Å². The first kappa shape index (κ1) is 14.2. The number of amides is 1. The molecule has 5 nitrogen and oxygen atoms in total. The second-order valence-corrected chi connectivity index (χ2v) is 5.06. The van der Waals surface area contributed by atoms with Gasteiger partial charge in [-0.05, 0) is 36.4 Å².